The molecule has 0 spiro atoms. The molecule has 1 aromatic heterocycles. The van der Waals surface area contributed by atoms with E-state index in [0.29, 0.717) is 22.0 Å². The lowest BCUT2D eigenvalue weighted by atomic mass is 10.0. The van der Waals surface area contributed by atoms with E-state index in [-0.39, 0.29) is 0 Å². The summed E-state index contributed by atoms with van der Waals surface area (Å²) in [4.78, 5) is 0. The second-order valence-corrected chi connectivity index (χ2v) is 4.43. The third kappa shape index (κ3) is 2.14. The molecule has 1 aromatic carbocycles. The third-order valence-electron chi connectivity index (χ3n) is 2.82. The smallest absolute Gasteiger partial charge is 0.127 e. The van der Waals surface area contributed by atoms with Gasteiger partial charge in [0, 0.05) is 17.6 Å². The average molecular weight is 252 g/mol. The Morgan fingerprint density at radius 2 is 2.18 bits per heavy atom. The zero-order valence-corrected chi connectivity index (χ0v) is 10.4. The quantitative estimate of drug-likeness (QED) is 0.859. The van der Waals surface area contributed by atoms with E-state index in [0.717, 1.165) is 5.56 Å². The number of aliphatic hydroxyl groups is 1. The maximum Gasteiger partial charge on any atom is 0.127 e. The summed E-state index contributed by atoms with van der Waals surface area (Å²) in [5.74, 6) is 0.453. The van der Waals surface area contributed by atoms with Crippen LogP contribution in [0.1, 0.15) is 22.8 Å². The first-order valence-corrected chi connectivity index (χ1v) is 5.60. The van der Waals surface area contributed by atoms with Crippen molar-refractivity contribution in [1.29, 1.82) is 0 Å². The maximum atomic E-state index is 10.2. The van der Waals surface area contributed by atoms with E-state index >= 15 is 0 Å². The van der Waals surface area contributed by atoms with E-state index in [4.69, 9.17) is 17.3 Å². The van der Waals surface area contributed by atoms with Crippen molar-refractivity contribution in [1.82, 2.24) is 9.78 Å². The van der Waals surface area contributed by atoms with Crippen LogP contribution in [0.4, 0.5) is 5.82 Å². The van der Waals surface area contributed by atoms with Crippen LogP contribution in [0.5, 0.6) is 0 Å². The highest BCUT2D eigenvalue weighted by molar-refractivity contribution is 6.31. The van der Waals surface area contributed by atoms with Crippen molar-refractivity contribution in [2.75, 3.05) is 5.73 Å². The van der Waals surface area contributed by atoms with Crippen molar-refractivity contribution in [2.45, 2.75) is 13.0 Å². The SMILES string of the molecule is Cc1ccc(C(O)c2cnn(C)c2N)cc1Cl. The predicted molar refractivity (Wildman–Crippen MR) is 67.9 cm³/mol. The Labute approximate surface area is 105 Å². The van der Waals surface area contributed by atoms with Crippen LogP contribution >= 0.6 is 11.6 Å². The minimum absolute atomic E-state index is 0.453. The summed E-state index contributed by atoms with van der Waals surface area (Å²) >= 11 is 6.03. The molecular weight excluding hydrogens is 238 g/mol. The molecule has 17 heavy (non-hydrogen) atoms. The highest BCUT2D eigenvalue weighted by Crippen LogP contribution is 2.28. The van der Waals surface area contributed by atoms with Crippen molar-refractivity contribution >= 4 is 17.4 Å². The van der Waals surface area contributed by atoms with Crippen molar-refractivity contribution < 1.29 is 5.11 Å². The lowest BCUT2D eigenvalue weighted by Gasteiger charge is -2.11. The van der Waals surface area contributed by atoms with Gasteiger partial charge in [0.2, 0.25) is 0 Å². The van der Waals surface area contributed by atoms with E-state index in [2.05, 4.69) is 5.10 Å². The first-order valence-electron chi connectivity index (χ1n) is 5.22. The standard InChI is InChI=1S/C12H14ClN3O/c1-7-3-4-8(5-10(7)13)11(17)9-6-15-16(2)12(9)14/h3-6,11,17H,14H2,1-2H3. The molecule has 0 amide bonds. The molecule has 0 aliphatic heterocycles. The molecule has 90 valence electrons. The van der Waals surface area contributed by atoms with E-state index < -0.39 is 6.10 Å². The van der Waals surface area contributed by atoms with Crippen LogP contribution in [0.2, 0.25) is 5.02 Å². The van der Waals surface area contributed by atoms with Gasteiger partial charge in [-0.05, 0) is 24.1 Å². The van der Waals surface area contributed by atoms with Crippen LogP contribution in [0.3, 0.4) is 0 Å². The minimum Gasteiger partial charge on any atom is -0.384 e. The second kappa shape index (κ2) is 4.39. The Hall–Kier alpha value is -1.52. The topological polar surface area (TPSA) is 64.1 Å². The third-order valence-corrected chi connectivity index (χ3v) is 3.23. The van der Waals surface area contributed by atoms with Crippen LogP contribution in [0.25, 0.3) is 0 Å². The molecule has 0 saturated carbocycles. The van der Waals surface area contributed by atoms with Gasteiger partial charge in [-0.2, -0.15) is 5.10 Å². The van der Waals surface area contributed by atoms with Crippen molar-refractivity contribution in [3.63, 3.8) is 0 Å². The van der Waals surface area contributed by atoms with E-state index in [1.54, 1.807) is 19.3 Å². The zero-order valence-electron chi connectivity index (χ0n) is 9.68. The molecule has 1 atom stereocenters. The number of hydrogen-bond acceptors (Lipinski definition) is 3. The highest BCUT2D eigenvalue weighted by Gasteiger charge is 2.17. The highest BCUT2D eigenvalue weighted by atomic mass is 35.5. The van der Waals surface area contributed by atoms with Gasteiger partial charge < -0.3 is 10.8 Å². The van der Waals surface area contributed by atoms with Crippen molar-refractivity contribution in [3.05, 3.63) is 46.1 Å². The zero-order chi connectivity index (χ0) is 12.6. The molecule has 2 aromatic rings. The fourth-order valence-corrected chi connectivity index (χ4v) is 1.82. The number of halogens is 1. The Balaban J connectivity index is 2.40. The average Bonchev–Trinajstić information content (AvgIpc) is 2.63. The number of nitrogen functional groups attached to an aromatic ring is 1. The summed E-state index contributed by atoms with van der Waals surface area (Å²) in [6, 6.07) is 5.44. The number of nitrogens with zero attached hydrogens (tertiary/aromatic N) is 2. The Bertz CT molecular complexity index is 551. The van der Waals surface area contributed by atoms with Crippen molar-refractivity contribution in [3.8, 4) is 0 Å². The van der Waals surface area contributed by atoms with E-state index in [9.17, 15) is 5.11 Å². The van der Waals surface area contributed by atoms with Gasteiger partial charge >= 0.3 is 0 Å². The second-order valence-electron chi connectivity index (χ2n) is 4.02. The minimum atomic E-state index is -0.804. The van der Waals surface area contributed by atoms with Gasteiger partial charge in [0.05, 0.1) is 6.20 Å². The van der Waals surface area contributed by atoms with Gasteiger partial charge in [-0.25, -0.2) is 0 Å². The monoisotopic (exact) mass is 251 g/mol. The Kier molecular flexibility index (Phi) is 3.09. The molecule has 4 nitrogen and oxygen atoms in total. The van der Waals surface area contributed by atoms with Crippen LogP contribution in [0.15, 0.2) is 24.4 Å². The van der Waals surface area contributed by atoms with Gasteiger partial charge in [0.1, 0.15) is 11.9 Å². The number of benzene rings is 1. The van der Waals surface area contributed by atoms with Crippen LogP contribution in [-0.4, -0.2) is 14.9 Å². The lowest BCUT2D eigenvalue weighted by Crippen LogP contribution is -2.04. The Morgan fingerprint density at radius 3 is 2.71 bits per heavy atom. The summed E-state index contributed by atoms with van der Waals surface area (Å²) in [6.07, 6.45) is 0.759. The summed E-state index contributed by atoms with van der Waals surface area (Å²) in [5, 5.41) is 14.8. The summed E-state index contributed by atoms with van der Waals surface area (Å²) in [6.45, 7) is 1.91. The molecule has 1 heterocycles. The van der Waals surface area contributed by atoms with Gasteiger partial charge in [0.25, 0.3) is 0 Å². The number of aromatic nitrogens is 2. The maximum absolute atomic E-state index is 10.2. The van der Waals surface area contributed by atoms with Crippen LogP contribution in [0, 0.1) is 6.92 Å². The van der Waals surface area contributed by atoms with E-state index in [1.807, 2.05) is 19.1 Å². The number of nitrogens with two attached hydrogens (primary N) is 1. The fourth-order valence-electron chi connectivity index (χ4n) is 1.63. The lowest BCUT2D eigenvalue weighted by molar-refractivity contribution is 0.221. The summed E-state index contributed by atoms with van der Waals surface area (Å²) in [7, 11) is 1.73. The molecule has 0 saturated heterocycles. The normalized spacial score (nSPS) is 12.7. The molecular formula is C12H14ClN3O. The number of anilines is 1. The Morgan fingerprint density at radius 1 is 1.47 bits per heavy atom. The first kappa shape index (κ1) is 12.0. The van der Waals surface area contributed by atoms with Gasteiger partial charge in [-0.15, -0.1) is 0 Å². The molecule has 2 rings (SSSR count). The number of aliphatic hydroxyl groups excluding tert-OH is 1. The largest absolute Gasteiger partial charge is 0.384 e. The van der Waals surface area contributed by atoms with Crippen molar-refractivity contribution in [2.24, 2.45) is 7.05 Å². The number of rotatable bonds is 2. The van der Waals surface area contributed by atoms with Gasteiger partial charge in [-0.1, -0.05) is 23.7 Å². The number of aryl methyl sites for hydroxylation is 2. The van der Waals surface area contributed by atoms with E-state index in [1.165, 1.54) is 4.68 Å². The molecule has 0 aliphatic carbocycles. The molecule has 0 radical (unpaired) electrons. The molecule has 3 N–H and O–H groups in total. The molecule has 0 fully saturated rings. The summed E-state index contributed by atoms with van der Waals surface area (Å²) < 4.78 is 1.52. The summed E-state index contributed by atoms with van der Waals surface area (Å²) in [5.41, 5.74) is 8.09. The van der Waals surface area contributed by atoms with Crippen LogP contribution in [-0.2, 0) is 7.05 Å². The number of hydrogen-bond donors (Lipinski definition) is 2. The van der Waals surface area contributed by atoms with Gasteiger partial charge in [-0.3, -0.25) is 4.68 Å². The van der Waals surface area contributed by atoms with Gasteiger partial charge in [0.15, 0.2) is 0 Å². The molecule has 0 bridgehead atoms. The molecule has 0 aliphatic rings. The fraction of sp³-hybridized carbons (Fsp3) is 0.250. The predicted octanol–water partition coefficient (Wildman–Crippen LogP) is 2.05. The first-order chi connectivity index (χ1) is 8.00. The van der Waals surface area contributed by atoms with Crippen LogP contribution < -0.4 is 5.73 Å². The molecule has 1 unspecified atom stereocenters. The molecule has 5 heteroatoms.